The van der Waals surface area contributed by atoms with Crippen LogP contribution in [0.5, 0.6) is 0 Å². The maximum absolute atomic E-state index is 11.3. The third-order valence-corrected chi connectivity index (χ3v) is 3.40. The molecule has 2 N–H and O–H groups in total. The highest BCUT2D eigenvalue weighted by atomic mass is 32.2. The number of esters is 1. The molecule has 0 spiro atoms. The van der Waals surface area contributed by atoms with Crippen molar-refractivity contribution < 1.29 is 14.1 Å². The minimum absolute atomic E-state index is 0.348. The van der Waals surface area contributed by atoms with Crippen LogP contribution in [0.4, 0.5) is 0 Å². The van der Waals surface area contributed by atoms with E-state index in [-0.39, 0.29) is 5.97 Å². The Morgan fingerprint density at radius 2 is 2.29 bits per heavy atom. The lowest BCUT2D eigenvalue weighted by atomic mass is 10.2. The van der Waals surface area contributed by atoms with Crippen LogP contribution in [0.2, 0.25) is 0 Å². The molecular weight excluding hydrogens is 240 g/mol. The molecule has 0 aliphatic heterocycles. The second kappa shape index (κ2) is 6.66. The number of aryl methyl sites for hydroxylation is 2. The van der Waals surface area contributed by atoms with Crippen molar-refractivity contribution in [3.8, 4) is 0 Å². The van der Waals surface area contributed by atoms with Crippen LogP contribution in [0, 0.1) is 13.8 Å². The summed E-state index contributed by atoms with van der Waals surface area (Å²) < 4.78 is 9.88. The minimum atomic E-state index is -0.569. The summed E-state index contributed by atoms with van der Waals surface area (Å²) in [4.78, 5) is 11.3. The third-order valence-electron chi connectivity index (χ3n) is 2.31. The molecule has 0 aliphatic carbocycles. The summed E-state index contributed by atoms with van der Waals surface area (Å²) in [5.74, 6) is 1.75. The molecule has 0 amide bonds. The first-order valence-corrected chi connectivity index (χ1v) is 6.63. The van der Waals surface area contributed by atoms with Crippen molar-refractivity contribution in [1.82, 2.24) is 5.16 Å². The minimum Gasteiger partial charge on any atom is -0.465 e. The number of rotatable bonds is 6. The van der Waals surface area contributed by atoms with Crippen LogP contribution in [0.25, 0.3) is 0 Å². The molecule has 0 aromatic carbocycles. The SMILES string of the molecule is CCOC(=O)C(N)CSCc1c(C)noc1C. The van der Waals surface area contributed by atoms with Crippen LogP contribution >= 0.6 is 11.8 Å². The van der Waals surface area contributed by atoms with E-state index in [1.807, 2.05) is 13.8 Å². The molecule has 1 aromatic rings. The quantitative estimate of drug-likeness (QED) is 0.777. The van der Waals surface area contributed by atoms with E-state index >= 15 is 0 Å². The van der Waals surface area contributed by atoms with E-state index in [4.69, 9.17) is 15.0 Å². The molecule has 1 atom stereocenters. The zero-order valence-corrected chi connectivity index (χ0v) is 11.2. The van der Waals surface area contributed by atoms with Crippen molar-refractivity contribution in [2.75, 3.05) is 12.4 Å². The van der Waals surface area contributed by atoms with Crippen LogP contribution in [-0.4, -0.2) is 29.5 Å². The molecule has 0 radical (unpaired) electrons. The van der Waals surface area contributed by atoms with Gasteiger partial charge in [-0.05, 0) is 20.8 Å². The van der Waals surface area contributed by atoms with Gasteiger partial charge in [0.2, 0.25) is 0 Å². The first-order chi connectivity index (χ1) is 8.06. The molecule has 0 saturated carbocycles. The van der Waals surface area contributed by atoms with Crippen molar-refractivity contribution in [1.29, 1.82) is 0 Å². The van der Waals surface area contributed by atoms with Gasteiger partial charge in [-0.3, -0.25) is 4.79 Å². The normalized spacial score (nSPS) is 12.5. The summed E-state index contributed by atoms with van der Waals surface area (Å²) in [6.45, 7) is 5.90. The molecule has 0 saturated heterocycles. The van der Waals surface area contributed by atoms with Gasteiger partial charge in [0.25, 0.3) is 0 Å². The standard InChI is InChI=1S/C11H18N2O3S/c1-4-15-11(14)10(12)6-17-5-9-7(2)13-16-8(9)3/h10H,4-6,12H2,1-3H3. The lowest BCUT2D eigenvalue weighted by Crippen LogP contribution is -2.34. The Labute approximate surface area is 105 Å². The number of nitrogens with two attached hydrogens (primary N) is 1. The number of hydrogen-bond acceptors (Lipinski definition) is 6. The number of nitrogens with zero attached hydrogens (tertiary/aromatic N) is 1. The molecule has 1 rings (SSSR count). The number of aromatic nitrogens is 1. The van der Waals surface area contributed by atoms with E-state index in [2.05, 4.69) is 5.16 Å². The first kappa shape index (κ1) is 14.1. The van der Waals surface area contributed by atoms with Crippen molar-refractivity contribution >= 4 is 17.7 Å². The fourth-order valence-corrected chi connectivity index (χ4v) is 2.44. The molecule has 0 aliphatic rings. The average Bonchev–Trinajstić information content (AvgIpc) is 2.60. The molecule has 0 fully saturated rings. The second-order valence-corrected chi connectivity index (χ2v) is 4.71. The summed E-state index contributed by atoms with van der Waals surface area (Å²) in [6.07, 6.45) is 0. The summed E-state index contributed by atoms with van der Waals surface area (Å²) >= 11 is 1.58. The summed E-state index contributed by atoms with van der Waals surface area (Å²) in [7, 11) is 0. The Balaban J connectivity index is 2.35. The number of thioether (sulfide) groups is 1. The monoisotopic (exact) mass is 258 g/mol. The highest BCUT2D eigenvalue weighted by Crippen LogP contribution is 2.19. The van der Waals surface area contributed by atoms with Gasteiger partial charge in [-0.2, -0.15) is 11.8 Å². The summed E-state index contributed by atoms with van der Waals surface area (Å²) in [5, 5.41) is 3.87. The molecular formula is C11H18N2O3S. The Hall–Kier alpha value is -1.01. The van der Waals surface area contributed by atoms with Gasteiger partial charge in [-0.1, -0.05) is 5.16 Å². The smallest absolute Gasteiger partial charge is 0.323 e. The largest absolute Gasteiger partial charge is 0.465 e. The van der Waals surface area contributed by atoms with Gasteiger partial charge in [0.1, 0.15) is 11.8 Å². The maximum atomic E-state index is 11.3. The lowest BCUT2D eigenvalue weighted by molar-refractivity contribution is -0.144. The first-order valence-electron chi connectivity index (χ1n) is 5.48. The Morgan fingerprint density at radius 1 is 1.59 bits per heavy atom. The van der Waals surface area contributed by atoms with Crippen molar-refractivity contribution in [2.24, 2.45) is 5.73 Å². The van der Waals surface area contributed by atoms with Gasteiger partial charge in [0, 0.05) is 17.1 Å². The third kappa shape index (κ3) is 4.05. The van der Waals surface area contributed by atoms with Crippen LogP contribution < -0.4 is 5.73 Å². The average molecular weight is 258 g/mol. The van der Waals surface area contributed by atoms with Gasteiger partial charge in [0.15, 0.2) is 0 Å². The molecule has 1 aromatic heterocycles. The Morgan fingerprint density at radius 3 is 2.82 bits per heavy atom. The molecule has 5 nitrogen and oxygen atoms in total. The van der Waals surface area contributed by atoms with E-state index in [1.165, 1.54) is 0 Å². The number of ether oxygens (including phenoxy) is 1. The maximum Gasteiger partial charge on any atom is 0.323 e. The second-order valence-electron chi connectivity index (χ2n) is 3.68. The number of hydrogen-bond donors (Lipinski definition) is 1. The molecule has 1 heterocycles. The zero-order chi connectivity index (χ0) is 12.8. The van der Waals surface area contributed by atoms with Crippen molar-refractivity contribution in [3.63, 3.8) is 0 Å². The topological polar surface area (TPSA) is 78.4 Å². The van der Waals surface area contributed by atoms with E-state index in [1.54, 1.807) is 18.7 Å². The van der Waals surface area contributed by atoms with Gasteiger partial charge >= 0.3 is 5.97 Å². The summed E-state index contributed by atoms with van der Waals surface area (Å²) in [6, 6.07) is -0.569. The molecule has 0 bridgehead atoms. The van der Waals surface area contributed by atoms with Crippen molar-refractivity contribution in [2.45, 2.75) is 32.6 Å². The highest BCUT2D eigenvalue weighted by molar-refractivity contribution is 7.98. The van der Waals surface area contributed by atoms with Crippen molar-refractivity contribution in [3.05, 3.63) is 17.0 Å². The van der Waals surface area contributed by atoms with Crippen LogP contribution in [0.15, 0.2) is 4.52 Å². The van der Waals surface area contributed by atoms with Gasteiger partial charge in [0.05, 0.1) is 12.3 Å². The number of carbonyl (C=O) groups excluding carboxylic acids is 1. The Bertz CT molecular complexity index is 359. The van der Waals surface area contributed by atoms with Gasteiger partial charge in [-0.15, -0.1) is 0 Å². The fraction of sp³-hybridized carbons (Fsp3) is 0.636. The van der Waals surface area contributed by atoms with E-state index in [0.29, 0.717) is 12.4 Å². The van der Waals surface area contributed by atoms with Crippen LogP contribution in [0.1, 0.15) is 23.9 Å². The molecule has 17 heavy (non-hydrogen) atoms. The lowest BCUT2D eigenvalue weighted by Gasteiger charge is -2.09. The zero-order valence-electron chi connectivity index (χ0n) is 10.4. The van der Waals surface area contributed by atoms with Crippen LogP contribution in [0.3, 0.4) is 0 Å². The fourth-order valence-electron chi connectivity index (χ4n) is 1.31. The molecule has 96 valence electrons. The van der Waals surface area contributed by atoms with E-state index < -0.39 is 6.04 Å². The molecule has 6 heteroatoms. The van der Waals surface area contributed by atoms with E-state index in [0.717, 1.165) is 22.8 Å². The molecule has 1 unspecified atom stereocenters. The van der Waals surface area contributed by atoms with E-state index in [9.17, 15) is 4.79 Å². The predicted octanol–water partition coefficient (Wildman–Crippen LogP) is 1.42. The Kier molecular flexibility index (Phi) is 5.50. The number of carbonyl (C=O) groups is 1. The van der Waals surface area contributed by atoms with Gasteiger partial charge in [-0.25, -0.2) is 0 Å². The highest BCUT2D eigenvalue weighted by Gasteiger charge is 2.15. The van der Waals surface area contributed by atoms with Gasteiger partial charge < -0.3 is 15.0 Å². The summed E-state index contributed by atoms with van der Waals surface area (Å²) in [5.41, 5.74) is 7.65. The van der Waals surface area contributed by atoms with Crippen LogP contribution in [-0.2, 0) is 15.3 Å². The predicted molar refractivity (Wildman–Crippen MR) is 66.7 cm³/mol.